The van der Waals surface area contributed by atoms with Gasteiger partial charge in [0, 0.05) is 93.6 Å². The van der Waals surface area contributed by atoms with Gasteiger partial charge in [-0.15, -0.1) is 0 Å². The van der Waals surface area contributed by atoms with E-state index in [1.54, 1.807) is 0 Å². The molecule has 11 nitrogen and oxygen atoms in total. The molecule has 0 radical (unpaired) electrons. The van der Waals surface area contributed by atoms with Crippen LogP contribution in [0.2, 0.25) is 0 Å². The SMILES string of the molecule is CC(C)(C)c1cc(CNc2ccc(Nc3ccc(Nc4ccc(Cc5ccccc5)cc4)cc3)cc2)cc(C(C)(C)C)c1O.CC(C)(C)c1cc(CNc2ccc(Nc3ccc(Nc4ccccc4)cc3)cc2)cc(C(C)(C)C)c1O.CC(C)(C)c1cc(CNc2ccc(Nc3ccccc3)cc2)cc(C(C)(C)C)c1O. The Morgan fingerprint density at radius 2 is 0.351 bits per heavy atom. The minimum absolute atomic E-state index is 0.120. The third-order valence-electron chi connectivity index (χ3n) is 19.5. The number of hydrogen-bond donors (Lipinski definition) is 11. The zero-order valence-corrected chi connectivity index (χ0v) is 68.7. The third-order valence-corrected chi connectivity index (χ3v) is 19.5. The van der Waals surface area contributed by atoms with E-state index in [1.165, 1.54) is 22.3 Å². The molecule has 0 aliphatic heterocycles. The standard InChI is InChI=1S/C40H45N3O.C33H39N3O.C27H34N2O/c1-39(2,3)36-25-30(26-37(38(36)44)40(4,5)6)27-41-31-16-18-33(19-17-31)43-35-22-20-34(21-23-35)42-32-14-12-29(13-15-32)24-28-10-8-7-9-11-28;1-32(2,3)29-20-23(21-30(31(29)37)33(4,5)6)22-34-24-12-14-26(15-13-24)36-28-18-16-27(17-19-28)35-25-10-8-7-9-11-25;1-26(2,3)23-16-19(17-24(25(23)30)27(4,5)6)18-28-20-12-14-22(15-13-20)29-21-10-8-7-9-11-21/h7-23,25-26,41-44H,24,27H2,1-6H3;7-21,34-37H,22H2,1-6H3;7-17,28-30H,18H2,1-6H3. The van der Waals surface area contributed by atoms with Crippen molar-refractivity contribution in [2.45, 2.75) is 183 Å². The summed E-state index contributed by atoms with van der Waals surface area (Å²) < 4.78 is 0. The van der Waals surface area contributed by atoms with Gasteiger partial charge in [-0.2, -0.15) is 0 Å². The number of benzene rings is 12. The highest BCUT2D eigenvalue weighted by molar-refractivity contribution is 5.70. The van der Waals surface area contributed by atoms with Gasteiger partial charge in [0.2, 0.25) is 0 Å². The summed E-state index contributed by atoms with van der Waals surface area (Å²) in [6, 6.07) is 93.9. The highest BCUT2D eigenvalue weighted by Gasteiger charge is 2.30. The Bertz CT molecular complexity index is 4840. The average molecular weight is 1480 g/mol. The summed E-state index contributed by atoms with van der Waals surface area (Å²) in [5.74, 6) is 1.26. The van der Waals surface area contributed by atoms with Gasteiger partial charge in [0.05, 0.1) is 0 Å². The summed E-state index contributed by atoms with van der Waals surface area (Å²) in [5.41, 5.74) is 24.9. The van der Waals surface area contributed by atoms with Crippen LogP contribution >= 0.6 is 0 Å². The molecule has 0 heterocycles. The third kappa shape index (κ3) is 24.0. The van der Waals surface area contributed by atoms with Crippen molar-refractivity contribution >= 4 is 73.9 Å². The Morgan fingerprint density at radius 1 is 0.189 bits per heavy atom. The number of phenols is 3. The van der Waals surface area contributed by atoms with Gasteiger partial charge in [0.15, 0.2) is 0 Å². The molecule has 11 heteroatoms. The Morgan fingerprint density at radius 3 is 0.550 bits per heavy atom. The van der Waals surface area contributed by atoms with Gasteiger partial charge in [-0.05, 0) is 294 Å². The molecule has 11 N–H and O–H groups in total. The van der Waals surface area contributed by atoms with Crippen LogP contribution in [0.4, 0.5) is 73.9 Å². The molecule has 0 unspecified atom stereocenters. The van der Waals surface area contributed by atoms with Crippen LogP contribution in [-0.4, -0.2) is 15.3 Å². The number of rotatable bonds is 21. The van der Waals surface area contributed by atoms with Crippen molar-refractivity contribution in [2.75, 3.05) is 42.5 Å². The fraction of sp³-hybridized carbons (Fsp3) is 0.280. The van der Waals surface area contributed by atoms with E-state index in [4.69, 9.17) is 0 Å². The molecule has 0 saturated heterocycles. The Balaban J connectivity index is 0.000000180. The number of para-hydroxylation sites is 2. The zero-order valence-electron chi connectivity index (χ0n) is 68.7. The molecule has 12 aromatic rings. The average Bonchev–Trinajstić information content (AvgIpc) is 0.791. The van der Waals surface area contributed by atoms with Crippen molar-refractivity contribution in [3.63, 3.8) is 0 Å². The van der Waals surface area contributed by atoms with E-state index in [0.29, 0.717) is 36.9 Å². The molecule has 0 saturated carbocycles. The molecular weight excluding hydrogens is 1360 g/mol. The maximum absolute atomic E-state index is 11.0. The van der Waals surface area contributed by atoms with E-state index >= 15 is 0 Å². The predicted octanol–water partition coefficient (Wildman–Crippen LogP) is 27.1. The molecule has 12 rings (SSSR count). The Labute approximate surface area is 662 Å². The Kier molecular flexibility index (Phi) is 26.1. The molecule has 0 atom stereocenters. The van der Waals surface area contributed by atoms with Crippen LogP contribution in [0.1, 0.15) is 186 Å². The van der Waals surface area contributed by atoms with E-state index in [1.807, 2.05) is 36.4 Å². The normalized spacial score (nSPS) is 11.8. The van der Waals surface area contributed by atoms with Crippen LogP contribution in [0.15, 0.2) is 273 Å². The molecule has 12 aromatic carbocycles. The topological polar surface area (TPSA) is 157 Å². The molecule has 0 aliphatic rings. The van der Waals surface area contributed by atoms with Gasteiger partial charge in [0.25, 0.3) is 0 Å². The molecule has 0 aromatic heterocycles. The monoisotopic (exact) mass is 1480 g/mol. The fourth-order valence-corrected chi connectivity index (χ4v) is 13.1. The van der Waals surface area contributed by atoms with E-state index in [2.05, 4.69) is 404 Å². The fourth-order valence-electron chi connectivity index (χ4n) is 13.1. The summed E-state index contributed by atoms with van der Waals surface area (Å²) in [6.07, 6.45) is 0.938. The lowest BCUT2D eigenvalue weighted by atomic mass is 9.78. The van der Waals surface area contributed by atoms with Crippen molar-refractivity contribution in [3.05, 3.63) is 334 Å². The van der Waals surface area contributed by atoms with Crippen LogP contribution in [0.25, 0.3) is 0 Å². The minimum atomic E-state index is -0.143. The van der Waals surface area contributed by atoms with Gasteiger partial charge in [-0.3, -0.25) is 0 Å². The quantitative estimate of drug-likeness (QED) is 0.0333. The summed E-state index contributed by atoms with van der Waals surface area (Å²) in [5, 5.41) is 60.8. The lowest BCUT2D eigenvalue weighted by molar-refractivity contribution is 0.422. The zero-order chi connectivity index (χ0) is 79.9. The van der Waals surface area contributed by atoms with Gasteiger partial charge in [-0.25, -0.2) is 0 Å². The molecule has 0 aliphatic carbocycles. The second-order valence-electron chi connectivity index (χ2n) is 35.3. The van der Waals surface area contributed by atoms with Crippen molar-refractivity contribution in [2.24, 2.45) is 0 Å². The smallest absolute Gasteiger partial charge is 0.123 e. The highest BCUT2D eigenvalue weighted by Crippen LogP contribution is 2.44. The summed E-state index contributed by atoms with van der Waals surface area (Å²) >= 11 is 0. The first-order valence-electron chi connectivity index (χ1n) is 38.9. The number of phenolic OH excluding ortho intramolecular Hbond substituents is 3. The first-order valence-corrected chi connectivity index (χ1v) is 38.9. The van der Waals surface area contributed by atoms with Gasteiger partial charge >= 0.3 is 0 Å². The van der Waals surface area contributed by atoms with Crippen LogP contribution in [-0.2, 0) is 58.5 Å². The molecule has 0 bridgehead atoms. The van der Waals surface area contributed by atoms with E-state index in [-0.39, 0.29) is 32.5 Å². The van der Waals surface area contributed by atoms with Crippen molar-refractivity contribution in [1.82, 2.24) is 0 Å². The molecular formula is C100H118N8O3. The lowest BCUT2D eigenvalue weighted by Crippen LogP contribution is -2.18. The number of hydrogen-bond acceptors (Lipinski definition) is 11. The van der Waals surface area contributed by atoms with Crippen LogP contribution in [0.3, 0.4) is 0 Å². The minimum Gasteiger partial charge on any atom is -0.507 e. The van der Waals surface area contributed by atoms with E-state index in [9.17, 15) is 15.3 Å². The second kappa shape index (κ2) is 35.4. The second-order valence-corrected chi connectivity index (χ2v) is 35.3. The van der Waals surface area contributed by atoms with Crippen molar-refractivity contribution in [1.29, 1.82) is 0 Å². The highest BCUT2D eigenvalue weighted by atomic mass is 16.3. The Hall–Kier alpha value is -11.6. The van der Waals surface area contributed by atoms with Crippen LogP contribution in [0.5, 0.6) is 17.2 Å². The van der Waals surface area contributed by atoms with Gasteiger partial charge in [0.1, 0.15) is 17.2 Å². The number of anilines is 13. The van der Waals surface area contributed by atoms with Crippen LogP contribution in [0, 0.1) is 0 Å². The van der Waals surface area contributed by atoms with Crippen LogP contribution < -0.4 is 42.5 Å². The lowest BCUT2D eigenvalue weighted by Gasteiger charge is -2.28. The maximum Gasteiger partial charge on any atom is 0.123 e. The summed E-state index contributed by atoms with van der Waals surface area (Å²) in [4.78, 5) is 0. The first-order chi connectivity index (χ1) is 52.5. The van der Waals surface area contributed by atoms with Gasteiger partial charge in [-0.1, -0.05) is 203 Å². The first kappa shape index (κ1) is 81.9. The van der Waals surface area contributed by atoms with Crippen molar-refractivity contribution < 1.29 is 15.3 Å². The largest absolute Gasteiger partial charge is 0.507 e. The molecule has 0 amide bonds. The predicted molar refractivity (Wildman–Crippen MR) is 476 cm³/mol. The molecule has 0 spiro atoms. The van der Waals surface area contributed by atoms with E-state index < -0.39 is 0 Å². The molecule has 576 valence electrons. The molecule has 0 fully saturated rings. The molecule has 111 heavy (non-hydrogen) atoms. The summed E-state index contributed by atoms with van der Waals surface area (Å²) in [6.45, 7) is 40.7. The maximum atomic E-state index is 11.0. The van der Waals surface area contributed by atoms with Gasteiger partial charge < -0.3 is 57.9 Å². The number of nitrogens with one attached hydrogen (secondary N) is 8. The number of aromatic hydroxyl groups is 3. The van der Waals surface area contributed by atoms with E-state index in [0.717, 1.165) is 119 Å². The summed E-state index contributed by atoms with van der Waals surface area (Å²) in [7, 11) is 0. The van der Waals surface area contributed by atoms with Crippen molar-refractivity contribution in [3.8, 4) is 17.2 Å².